The molecule has 0 aliphatic heterocycles. The van der Waals surface area contributed by atoms with Gasteiger partial charge in [0, 0.05) is 12.6 Å². The number of ether oxygens (including phenoxy) is 1. The molecule has 0 spiro atoms. The highest BCUT2D eigenvalue weighted by Crippen LogP contribution is 2.31. The van der Waals surface area contributed by atoms with E-state index in [1.165, 1.54) is 11.3 Å². The molecule has 3 rings (SSSR count). The van der Waals surface area contributed by atoms with Crippen LogP contribution in [0.4, 0.5) is 13.9 Å². The molecule has 7 nitrogen and oxygen atoms in total. The molecule has 0 saturated heterocycles. The summed E-state index contributed by atoms with van der Waals surface area (Å²) in [6.07, 6.45) is 1.69. The molecule has 0 bridgehead atoms. The van der Waals surface area contributed by atoms with Crippen LogP contribution in [0.2, 0.25) is 0 Å². The van der Waals surface area contributed by atoms with E-state index in [1.807, 2.05) is 0 Å². The molecule has 1 aromatic carbocycles. The van der Waals surface area contributed by atoms with Crippen molar-refractivity contribution in [3.05, 3.63) is 53.0 Å². The Balaban J connectivity index is 1.70. The predicted molar refractivity (Wildman–Crippen MR) is 104 cm³/mol. The van der Waals surface area contributed by atoms with Crippen LogP contribution in [0.5, 0.6) is 5.75 Å². The highest BCUT2D eigenvalue weighted by Gasteiger charge is 2.17. The monoisotopic (exact) mass is 423 g/mol. The fourth-order valence-corrected chi connectivity index (χ4v) is 3.53. The fourth-order valence-electron chi connectivity index (χ4n) is 2.34. The van der Waals surface area contributed by atoms with Gasteiger partial charge in [0.05, 0.1) is 10.6 Å². The van der Waals surface area contributed by atoms with Gasteiger partial charge < -0.3 is 4.74 Å². The number of nitrogens with one attached hydrogen (secondary N) is 2. The van der Waals surface area contributed by atoms with E-state index in [0.29, 0.717) is 34.0 Å². The Kier molecular flexibility index (Phi) is 5.95. The molecular formula is C17H15F2N5O2S2. The van der Waals surface area contributed by atoms with Crippen LogP contribution in [-0.2, 0) is 11.3 Å². The maximum absolute atomic E-state index is 13.5. The predicted octanol–water partition coefficient (Wildman–Crippen LogP) is 3.85. The first-order valence-electron chi connectivity index (χ1n) is 8.00. The van der Waals surface area contributed by atoms with Crippen molar-refractivity contribution < 1.29 is 18.3 Å². The zero-order valence-corrected chi connectivity index (χ0v) is 16.3. The molecule has 0 radical (unpaired) electrons. The van der Waals surface area contributed by atoms with Crippen LogP contribution in [0.15, 0.2) is 30.9 Å². The minimum atomic E-state index is -0.884. The lowest BCUT2D eigenvalue weighted by molar-refractivity contribution is -0.118. The first kappa shape index (κ1) is 19.8. The Morgan fingerprint density at radius 3 is 3.00 bits per heavy atom. The molecule has 11 heteroatoms. The number of hydrogen-bond acceptors (Lipinski definition) is 6. The molecule has 0 unspecified atom stereocenters. The first-order valence-corrected chi connectivity index (χ1v) is 9.23. The van der Waals surface area contributed by atoms with Crippen LogP contribution in [0.25, 0.3) is 10.7 Å². The average Bonchev–Trinajstić information content (AvgIpc) is 3.17. The number of allylic oxidation sites excluding steroid dienone is 1. The van der Waals surface area contributed by atoms with Crippen molar-refractivity contribution in [3.8, 4) is 16.5 Å². The summed E-state index contributed by atoms with van der Waals surface area (Å²) in [5, 5.41) is 9.85. The molecule has 28 heavy (non-hydrogen) atoms. The number of aryl methyl sites for hydroxylation is 1. The molecule has 0 saturated carbocycles. The van der Waals surface area contributed by atoms with Crippen molar-refractivity contribution in [1.29, 1.82) is 0 Å². The molecule has 2 N–H and O–H groups in total. The number of thiazole rings is 1. The smallest absolute Gasteiger partial charge is 0.264 e. The number of aromatic nitrogens is 4. The second-order valence-electron chi connectivity index (χ2n) is 5.60. The van der Waals surface area contributed by atoms with Gasteiger partial charge in [0.2, 0.25) is 0 Å². The Morgan fingerprint density at radius 2 is 2.29 bits per heavy atom. The molecule has 0 fully saturated rings. The van der Waals surface area contributed by atoms with Gasteiger partial charge in [-0.1, -0.05) is 17.4 Å². The van der Waals surface area contributed by atoms with E-state index in [-0.39, 0.29) is 5.75 Å². The Hall–Kier alpha value is -2.92. The summed E-state index contributed by atoms with van der Waals surface area (Å²) in [5.74, 6) is -1.77. The number of carbonyl (C=O) groups is 1. The van der Waals surface area contributed by atoms with Crippen molar-refractivity contribution in [3.63, 3.8) is 0 Å². The topological polar surface area (TPSA) is 84.8 Å². The van der Waals surface area contributed by atoms with E-state index in [2.05, 4.69) is 27.1 Å². The molecule has 3 aromatic rings. The maximum Gasteiger partial charge on any atom is 0.264 e. The zero-order valence-electron chi connectivity index (χ0n) is 14.7. The number of nitrogens with zero attached hydrogens (tertiary/aromatic N) is 3. The van der Waals surface area contributed by atoms with Gasteiger partial charge in [0.25, 0.3) is 5.91 Å². The van der Waals surface area contributed by atoms with Crippen molar-refractivity contribution >= 4 is 34.6 Å². The third-order valence-corrected chi connectivity index (χ3v) is 4.95. The summed E-state index contributed by atoms with van der Waals surface area (Å²) in [6.45, 7) is 5.50. The minimum absolute atomic E-state index is 0.215. The number of rotatable bonds is 7. The third-order valence-electron chi connectivity index (χ3n) is 3.57. The van der Waals surface area contributed by atoms with E-state index >= 15 is 0 Å². The van der Waals surface area contributed by atoms with Crippen molar-refractivity contribution in [1.82, 2.24) is 19.7 Å². The summed E-state index contributed by atoms with van der Waals surface area (Å²) in [7, 11) is 0. The number of amides is 1. The number of benzene rings is 1. The lowest BCUT2D eigenvalue weighted by atomic mass is 10.3. The van der Waals surface area contributed by atoms with E-state index < -0.39 is 24.1 Å². The number of halogens is 2. The summed E-state index contributed by atoms with van der Waals surface area (Å²) in [6, 6.07) is 2.84. The Morgan fingerprint density at radius 1 is 1.50 bits per heavy atom. The number of carbonyl (C=O) groups excluding carboxylic acids is 1. The van der Waals surface area contributed by atoms with Crippen LogP contribution < -0.4 is 10.1 Å². The van der Waals surface area contributed by atoms with E-state index in [0.717, 1.165) is 17.0 Å². The van der Waals surface area contributed by atoms with Crippen LogP contribution in [-0.4, -0.2) is 32.3 Å². The highest BCUT2D eigenvalue weighted by molar-refractivity contribution is 7.71. The van der Waals surface area contributed by atoms with E-state index in [9.17, 15) is 13.6 Å². The van der Waals surface area contributed by atoms with Crippen LogP contribution in [0.3, 0.4) is 0 Å². The van der Waals surface area contributed by atoms with E-state index in [1.54, 1.807) is 17.6 Å². The molecule has 0 aliphatic rings. The molecule has 0 aliphatic carbocycles. The number of hydrogen-bond donors (Lipinski definition) is 2. The van der Waals surface area contributed by atoms with Gasteiger partial charge in [-0.05, 0) is 31.3 Å². The second-order valence-corrected chi connectivity index (χ2v) is 6.98. The zero-order chi connectivity index (χ0) is 20.3. The van der Waals surface area contributed by atoms with Gasteiger partial charge in [0.15, 0.2) is 33.9 Å². The standard InChI is InChI=1S/C17H15F2N5O2S2/c1-3-6-24-15(22-23-17(24)27)14-9(2)20-16(28-14)21-13(25)8-26-12-5-4-10(18)7-11(12)19/h3-5,7H,1,6,8H2,2H3,(H,23,27)(H,20,21,25). The van der Waals surface area contributed by atoms with Crippen molar-refractivity contribution in [2.24, 2.45) is 0 Å². The normalized spacial score (nSPS) is 10.7. The minimum Gasteiger partial charge on any atom is -0.481 e. The van der Waals surface area contributed by atoms with Gasteiger partial charge >= 0.3 is 0 Å². The SMILES string of the molecule is C=CCn1c(-c2sc(NC(=O)COc3ccc(F)cc3F)nc2C)n[nH]c1=S. The number of aromatic amines is 1. The lowest BCUT2D eigenvalue weighted by Crippen LogP contribution is -2.20. The fraction of sp³-hybridized carbons (Fsp3) is 0.176. The van der Waals surface area contributed by atoms with Crippen molar-refractivity contribution in [2.45, 2.75) is 13.5 Å². The van der Waals surface area contributed by atoms with Gasteiger partial charge in [-0.25, -0.2) is 13.8 Å². The van der Waals surface area contributed by atoms with Crippen molar-refractivity contribution in [2.75, 3.05) is 11.9 Å². The second kappa shape index (κ2) is 8.40. The summed E-state index contributed by atoms with van der Waals surface area (Å²) >= 11 is 6.41. The average molecular weight is 423 g/mol. The summed E-state index contributed by atoms with van der Waals surface area (Å²) < 4.78 is 33.7. The molecule has 2 heterocycles. The maximum atomic E-state index is 13.5. The number of anilines is 1. The quantitative estimate of drug-likeness (QED) is 0.445. The summed E-state index contributed by atoms with van der Waals surface area (Å²) in [5.41, 5.74) is 0.658. The Bertz CT molecular complexity index is 1090. The first-order chi connectivity index (χ1) is 13.4. The lowest BCUT2D eigenvalue weighted by Gasteiger charge is -2.06. The molecule has 1 amide bonds. The van der Waals surface area contributed by atoms with Gasteiger partial charge in [-0.2, -0.15) is 5.10 Å². The largest absolute Gasteiger partial charge is 0.481 e. The van der Waals surface area contributed by atoms with Gasteiger partial charge in [-0.3, -0.25) is 19.8 Å². The molecule has 146 valence electrons. The van der Waals surface area contributed by atoms with E-state index in [4.69, 9.17) is 17.0 Å². The van der Waals surface area contributed by atoms with Crippen LogP contribution >= 0.6 is 23.6 Å². The molecule has 2 aromatic heterocycles. The Labute approximate surface area is 167 Å². The van der Waals surface area contributed by atoms with Gasteiger partial charge in [-0.15, -0.1) is 6.58 Å². The number of H-pyrrole nitrogens is 1. The molecular weight excluding hydrogens is 408 g/mol. The summed E-state index contributed by atoms with van der Waals surface area (Å²) in [4.78, 5) is 17.1. The highest BCUT2D eigenvalue weighted by atomic mass is 32.1. The van der Waals surface area contributed by atoms with Crippen LogP contribution in [0, 0.1) is 23.3 Å². The molecule has 0 atom stereocenters. The van der Waals surface area contributed by atoms with Crippen LogP contribution in [0.1, 0.15) is 5.69 Å². The van der Waals surface area contributed by atoms with Gasteiger partial charge in [0.1, 0.15) is 5.82 Å². The third kappa shape index (κ3) is 4.31.